The number of amides is 1. The molecule has 0 radical (unpaired) electrons. The fourth-order valence-corrected chi connectivity index (χ4v) is 4.94. The summed E-state index contributed by atoms with van der Waals surface area (Å²) in [6.07, 6.45) is 2.60. The van der Waals surface area contributed by atoms with Crippen molar-refractivity contribution in [3.63, 3.8) is 0 Å². The third-order valence-electron chi connectivity index (χ3n) is 6.33. The zero-order valence-corrected chi connectivity index (χ0v) is 19.3. The highest BCUT2D eigenvalue weighted by atomic mass is 35.5. The van der Waals surface area contributed by atoms with Crippen molar-refractivity contribution in [2.75, 3.05) is 19.8 Å². The Bertz CT molecular complexity index is 886. The van der Waals surface area contributed by atoms with Crippen LogP contribution in [-0.4, -0.2) is 42.8 Å². The summed E-state index contributed by atoms with van der Waals surface area (Å²) in [6.45, 7) is 4.67. The van der Waals surface area contributed by atoms with E-state index in [0.717, 1.165) is 37.0 Å². The van der Waals surface area contributed by atoms with Crippen molar-refractivity contribution in [2.24, 2.45) is 5.92 Å². The molecule has 2 aliphatic heterocycles. The fraction of sp³-hybridized carbons (Fsp3) is 0.480. The number of carbonyl (C=O) groups excluding carboxylic acids is 1. The van der Waals surface area contributed by atoms with Crippen LogP contribution < -0.4 is 0 Å². The van der Waals surface area contributed by atoms with Crippen LogP contribution in [0, 0.1) is 5.92 Å². The maximum Gasteiger partial charge on any atom is 0.228 e. The Labute approximate surface area is 194 Å². The van der Waals surface area contributed by atoms with Crippen LogP contribution in [-0.2, 0) is 20.8 Å². The van der Waals surface area contributed by atoms with Crippen LogP contribution >= 0.6 is 23.2 Å². The van der Waals surface area contributed by atoms with Crippen molar-refractivity contribution < 1.29 is 14.3 Å². The second-order valence-electron chi connectivity index (χ2n) is 8.60. The summed E-state index contributed by atoms with van der Waals surface area (Å²) in [7, 11) is 0. The number of hydrogen-bond donors (Lipinski definition) is 0. The SMILES string of the molecule is CC(OC1CCCOC1)C1CC(c2ccc(Cl)c(Cl)c2)CN(Cc2ccccc2)C1=O. The summed E-state index contributed by atoms with van der Waals surface area (Å²) in [6, 6.07) is 15.9. The molecule has 2 aliphatic rings. The van der Waals surface area contributed by atoms with E-state index in [0.29, 0.717) is 29.7 Å². The van der Waals surface area contributed by atoms with Crippen molar-refractivity contribution in [1.82, 2.24) is 4.90 Å². The molecule has 0 spiro atoms. The van der Waals surface area contributed by atoms with Gasteiger partial charge in [-0.3, -0.25) is 4.79 Å². The van der Waals surface area contributed by atoms with Crippen molar-refractivity contribution >= 4 is 29.1 Å². The average molecular weight is 462 g/mol. The summed E-state index contributed by atoms with van der Waals surface area (Å²) < 4.78 is 11.9. The lowest BCUT2D eigenvalue weighted by atomic mass is 9.81. The zero-order valence-electron chi connectivity index (χ0n) is 17.8. The van der Waals surface area contributed by atoms with E-state index in [1.165, 1.54) is 0 Å². The Morgan fingerprint density at radius 2 is 1.97 bits per heavy atom. The van der Waals surface area contributed by atoms with E-state index in [4.69, 9.17) is 32.7 Å². The van der Waals surface area contributed by atoms with Crippen molar-refractivity contribution in [3.05, 3.63) is 69.7 Å². The highest BCUT2D eigenvalue weighted by molar-refractivity contribution is 6.42. The van der Waals surface area contributed by atoms with E-state index < -0.39 is 0 Å². The van der Waals surface area contributed by atoms with Gasteiger partial charge in [-0.25, -0.2) is 0 Å². The first kappa shape index (κ1) is 22.6. The summed E-state index contributed by atoms with van der Waals surface area (Å²) in [5.74, 6) is 0.123. The second kappa shape index (κ2) is 10.4. The molecule has 2 aromatic carbocycles. The summed E-state index contributed by atoms with van der Waals surface area (Å²) >= 11 is 12.4. The van der Waals surface area contributed by atoms with Crippen LogP contribution in [0.15, 0.2) is 48.5 Å². The number of halogens is 2. The first-order chi connectivity index (χ1) is 15.0. The maximum absolute atomic E-state index is 13.5. The van der Waals surface area contributed by atoms with E-state index in [1.807, 2.05) is 48.2 Å². The highest BCUT2D eigenvalue weighted by Gasteiger charge is 2.39. The van der Waals surface area contributed by atoms with E-state index in [-0.39, 0.29) is 30.0 Å². The number of piperidine rings is 1. The molecule has 2 fully saturated rings. The van der Waals surface area contributed by atoms with Gasteiger partial charge in [-0.2, -0.15) is 0 Å². The van der Waals surface area contributed by atoms with Crippen molar-refractivity contribution in [3.8, 4) is 0 Å². The van der Waals surface area contributed by atoms with Crippen molar-refractivity contribution in [2.45, 2.75) is 50.9 Å². The molecule has 0 bridgehead atoms. The number of nitrogens with zero attached hydrogens (tertiary/aromatic N) is 1. The van der Waals surface area contributed by atoms with Gasteiger partial charge in [-0.15, -0.1) is 0 Å². The molecule has 166 valence electrons. The predicted octanol–water partition coefficient (Wildman–Crippen LogP) is 5.71. The van der Waals surface area contributed by atoms with Gasteiger partial charge >= 0.3 is 0 Å². The minimum absolute atomic E-state index is 0.0597. The maximum atomic E-state index is 13.5. The molecule has 0 aromatic heterocycles. The lowest BCUT2D eigenvalue weighted by molar-refractivity contribution is -0.152. The number of rotatable bonds is 6. The van der Waals surface area contributed by atoms with E-state index in [1.54, 1.807) is 0 Å². The lowest BCUT2D eigenvalue weighted by Gasteiger charge is -2.40. The monoisotopic (exact) mass is 461 g/mol. The van der Waals surface area contributed by atoms with Crippen LogP contribution in [0.5, 0.6) is 0 Å². The van der Waals surface area contributed by atoms with Crippen LogP contribution in [0.3, 0.4) is 0 Å². The molecule has 0 aliphatic carbocycles. The topological polar surface area (TPSA) is 38.8 Å². The highest BCUT2D eigenvalue weighted by Crippen LogP contribution is 2.37. The lowest BCUT2D eigenvalue weighted by Crippen LogP contribution is -2.48. The zero-order chi connectivity index (χ0) is 21.8. The molecule has 4 unspecified atom stereocenters. The number of carbonyl (C=O) groups is 1. The normalized spacial score (nSPS) is 25.5. The van der Waals surface area contributed by atoms with Gasteiger partial charge in [0.25, 0.3) is 0 Å². The molecule has 0 saturated carbocycles. The minimum atomic E-state index is -0.209. The third kappa shape index (κ3) is 5.61. The molecule has 0 N–H and O–H groups in total. The number of ether oxygens (including phenoxy) is 2. The molecular formula is C25H29Cl2NO3. The summed E-state index contributed by atoms with van der Waals surface area (Å²) in [5, 5.41) is 1.09. The summed E-state index contributed by atoms with van der Waals surface area (Å²) in [5.41, 5.74) is 2.23. The van der Waals surface area contributed by atoms with Gasteiger partial charge in [0.15, 0.2) is 0 Å². The minimum Gasteiger partial charge on any atom is -0.379 e. The van der Waals surface area contributed by atoms with Crippen LogP contribution in [0.2, 0.25) is 10.0 Å². The Morgan fingerprint density at radius 3 is 2.68 bits per heavy atom. The number of hydrogen-bond acceptors (Lipinski definition) is 3. The van der Waals surface area contributed by atoms with E-state index in [2.05, 4.69) is 12.1 Å². The molecule has 2 aromatic rings. The molecule has 2 saturated heterocycles. The molecule has 2 heterocycles. The first-order valence-electron chi connectivity index (χ1n) is 11.0. The quantitative estimate of drug-likeness (QED) is 0.552. The molecule has 4 nitrogen and oxygen atoms in total. The Hall–Kier alpha value is -1.59. The Kier molecular flexibility index (Phi) is 7.55. The van der Waals surface area contributed by atoms with Gasteiger partial charge in [-0.05, 0) is 49.4 Å². The fourth-order valence-electron chi connectivity index (χ4n) is 4.64. The molecule has 1 amide bonds. The number of likely N-dealkylation sites (tertiary alicyclic amines) is 1. The van der Waals surface area contributed by atoms with E-state index in [9.17, 15) is 4.79 Å². The van der Waals surface area contributed by atoms with Gasteiger partial charge in [0.1, 0.15) is 0 Å². The first-order valence-corrected chi connectivity index (χ1v) is 11.8. The average Bonchev–Trinajstić information content (AvgIpc) is 2.78. The standard InChI is InChI=1S/C25H29Cl2NO3/c1-17(31-21-8-5-11-30-16-21)22-12-20(19-9-10-23(26)24(27)13-19)15-28(25(22)29)14-18-6-3-2-4-7-18/h2-4,6-7,9-10,13,17,20-22H,5,8,11-12,14-16H2,1H3. The predicted molar refractivity (Wildman–Crippen MR) is 124 cm³/mol. The molecular weight excluding hydrogens is 433 g/mol. The van der Waals surface area contributed by atoms with E-state index >= 15 is 0 Å². The Morgan fingerprint density at radius 1 is 1.16 bits per heavy atom. The van der Waals surface area contributed by atoms with Gasteiger partial charge in [-0.1, -0.05) is 59.6 Å². The van der Waals surface area contributed by atoms with Crippen molar-refractivity contribution in [1.29, 1.82) is 0 Å². The van der Waals surface area contributed by atoms with Crippen LogP contribution in [0.4, 0.5) is 0 Å². The van der Waals surface area contributed by atoms with Gasteiger partial charge in [0.2, 0.25) is 5.91 Å². The molecule has 31 heavy (non-hydrogen) atoms. The smallest absolute Gasteiger partial charge is 0.228 e. The van der Waals surface area contributed by atoms with Crippen LogP contribution in [0.25, 0.3) is 0 Å². The second-order valence-corrected chi connectivity index (χ2v) is 9.41. The van der Waals surface area contributed by atoms with Crippen LogP contribution in [0.1, 0.15) is 43.2 Å². The molecule has 4 rings (SSSR count). The number of benzene rings is 2. The third-order valence-corrected chi connectivity index (χ3v) is 7.07. The van der Waals surface area contributed by atoms with Gasteiger partial charge < -0.3 is 14.4 Å². The molecule has 4 atom stereocenters. The largest absolute Gasteiger partial charge is 0.379 e. The molecule has 6 heteroatoms. The summed E-state index contributed by atoms with van der Waals surface area (Å²) in [4.78, 5) is 15.4. The van der Waals surface area contributed by atoms with Gasteiger partial charge in [0.05, 0.1) is 34.8 Å². The van der Waals surface area contributed by atoms with Gasteiger partial charge in [0, 0.05) is 25.6 Å². The Balaban J connectivity index is 1.56.